The van der Waals surface area contributed by atoms with E-state index in [-0.39, 0.29) is 18.8 Å². The van der Waals surface area contributed by atoms with Crippen molar-refractivity contribution >= 4 is 0 Å². The highest BCUT2D eigenvalue weighted by atomic mass is 19.1. The molecule has 1 saturated heterocycles. The average Bonchev–Trinajstić information content (AvgIpc) is 2.64. The first-order chi connectivity index (χ1) is 7.19. The predicted molar refractivity (Wildman–Crippen MR) is 50.3 cm³/mol. The van der Waals surface area contributed by atoms with Crippen molar-refractivity contribution in [2.45, 2.75) is 25.0 Å². The van der Waals surface area contributed by atoms with Crippen LogP contribution in [0.25, 0.3) is 0 Å². The molecule has 0 saturated carbocycles. The molecular formula is C11H12F2O2. The molecule has 0 amide bonds. The molecular weight excluding hydrogens is 202 g/mol. The molecule has 4 heteroatoms. The summed E-state index contributed by atoms with van der Waals surface area (Å²) < 4.78 is 31.3. The van der Waals surface area contributed by atoms with Gasteiger partial charge in [-0.25, -0.2) is 8.78 Å². The van der Waals surface area contributed by atoms with Gasteiger partial charge < -0.3 is 9.84 Å². The number of aliphatic hydroxyl groups excluding tert-OH is 1. The van der Waals surface area contributed by atoms with Crippen LogP contribution in [-0.2, 0) is 4.74 Å². The molecule has 1 N–H and O–H groups in total. The molecule has 2 nitrogen and oxygen atoms in total. The summed E-state index contributed by atoms with van der Waals surface area (Å²) in [6, 6.07) is 3.38. The Morgan fingerprint density at radius 2 is 1.87 bits per heavy atom. The van der Waals surface area contributed by atoms with Gasteiger partial charge in [-0.05, 0) is 30.5 Å². The molecule has 1 aliphatic rings. The maximum absolute atomic E-state index is 12.9. The van der Waals surface area contributed by atoms with E-state index < -0.39 is 11.6 Å². The van der Waals surface area contributed by atoms with E-state index in [1.807, 2.05) is 0 Å². The Labute approximate surface area is 86.5 Å². The topological polar surface area (TPSA) is 29.5 Å². The van der Waals surface area contributed by atoms with Crippen LogP contribution in [0.1, 0.15) is 24.5 Å². The molecule has 0 radical (unpaired) electrons. The molecule has 0 aromatic heterocycles. The lowest BCUT2D eigenvalue weighted by Crippen LogP contribution is -2.11. The Kier molecular flexibility index (Phi) is 2.98. The van der Waals surface area contributed by atoms with Gasteiger partial charge in [-0.15, -0.1) is 0 Å². The predicted octanol–water partition coefficient (Wildman–Crippen LogP) is 2.18. The number of hydrogen-bond donors (Lipinski definition) is 1. The van der Waals surface area contributed by atoms with Crippen molar-refractivity contribution in [1.82, 2.24) is 0 Å². The van der Waals surface area contributed by atoms with Gasteiger partial charge in [0.15, 0.2) is 0 Å². The standard InChI is InChI=1S/C11H12F2O2/c12-8-3-7(4-9(13)5-8)11-2-1-10(6-14)15-11/h3-5,10-11,14H,1-2,6H2/t10-,11+/m1/s1. The van der Waals surface area contributed by atoms with Crippen molar-refractivity contribution in [1.29, 1.82) is 0 Å². The Morgan fingerprint density at radius 3 is 2.40 bits per heavy atom. The quantitative estimate of drug-likeness (QED) is 0.817. The zero-order valence-corrected chi connectivity index (χ0v) is 8.12. The van der Waals surface area contributed by atoms with Crippen molar-refractivity contribution in [3.63, 3.8) is 0 Å². The van der Waals surface area contributed by atoms with E-state index in [4.69, 9.17) is 9.84 Å². The summed E-state index contributed by atoms with van der Waals surface area (Å²) in [6.45, 7) is -0.0473. The van der Waals surface area contributed by atoms with Crippen LogP contribution < -0.4 is 0 Å². The second-order valence-corrected chi connectivity index (χ2v) is 3.71. The summed E-state index contributed by atoms with van der Waals surface area (Å²) in [7, 11) is 0. The fraction of sp³-hybridized carbons (Fsp3) is 0.455. The minimum Gasteiger partial charge on any atom is -0.394 e. The van der Waals surface area contributed by atoms with Gasteiger partial charge in [-0.3, -0.25) is 0 Å². The van der Waals surface area contributed by atoms with Gasteiger partial charge in [0.05, 0.1) is 18.8 Å². The average molecular weight is 214 g/mol. The fourth-order valence-electron chi connectivity index (χ4n) is 1.85. The molecule has 0 unspecified atom stereocenters. The van der Waals surface area contributed by atoms with E-state index in [0.717, 1.165) is 12.5 Å². The Bertz CT molecular complexity index is 334. The third kappa shape index (κ3) is 2.33. The summed E-state index contributed by atoms with van der Waals surface area (Å²) in [6.07, 6.45) is 0.904. The van der Waals surface area contributed by atoms with Crippen LogP contribution in [0, 0.1) is 11.6 Å². The van der Waals surface area contributed by atoms with Gasteiger partial charge in [0.1, 0.15) is 11.6 Å². The number of benzene rings is 1. The zero-order chi connectivity index (χ0) is 10.8. The van der Waals surface area contributed by atoms with Crippen molar-refractivity contribution in [3.8, 4) is 0 Å². The highest BCUT2D eigenvalue weighted by Gasteiger charge is 2.26. The van der Waals surface area contributed by atoms with E-state index in [1.54, 1.807) is 0 Å². The highest BCUT2D eigenvalue weighted by molar-refractivity contribution is 5.21. The molecule has 0 spiro atoms. The molecule has 0 bridgehead atoms. The van der Waals surface area contributed by atoms with Gasteiger partial charge in [-0.1, -0.05) is 0 Å². The van der Waals surface area contributed by atoms with Gasteiger partial charge in [0.25, 0.3) is 0 Å². The Hall–Kier alpha value is -1.00. The maximum Gasteiger partial charge on any atom is 0.126 e. The smallest absolute Gasteiger partial charge is 0.126 e. The molecule has 2 rings (SSSR count). The molecule has 1 fully saturated rings. The molecule has 1 heterocycles. The van der Waals surface area contributed by atoms with Crippen LogP contribution in [0.5, 0.6) is 0 Å². The van der Waals surface area contributed by atoms with Crippen molar-refractivity contribution in [2.24, 2.45) is 0 Å². The summed E-state index contributed by atoms with van der Waals surface area (Å²) >= 11 is 0. The number of aliphatic hydroxyl groups is 1. The molecule has 15 heavy (non-hydrogen) atoms. The highest BCUT2D eigenvalue weighted by Crippen LogP contribution is 2.32. The second-order valence-electron chi connectivity index (χ2n) is 3.71. The lowest BCUT2D eigenvalue weighted by molar-refractivity contribution is 0.0107. The number of rotatable bonds is 2. The Balaban J connectivity index is 2.16. The summed E-state index contributed by atoms with van der Waals surface area (Å²) in [5.41, 5.74) is 0.503. The minimum absolute atomic E-state index is 0.0473. The molecule has 1 aromatic rings. The maximum atomic E-state index is 12.9. The molecule has 0 aliphatic carbocycles. The fourth-order valence-corrected chi connectivity index (χ4v) is 1.85. The van der Waals surface area contributed by atoms with E-state index in [0.29, 0.717) is 12.0 Å². The van der Waals surface area contributed by atoms with Crippen LogP contribution in [0.15, 0.2) is 18.2 Å². The summed E-state index contributed by atoms with van der Waals surface area (Å²) in [5, 5.41) is 8.87. The number of halogens is 2. The van der Waals surface area contributed by atoms with Crippen LogP contribution >= 0.6 is 0 Å². The third-order valence-electron chi connectivity index (χ3n) is 2.57. The van der Waals surface area contributed by atoms with Gasteiger partial charge in [-0.2, -0.15) is 0 Å². The van der Waals surface area contributed by atoms with Crippen LogP contribution in [0.3, 0.4) is 0 Å². The van der Waals surface area contributed by atoms with E-state index >= 15 is 0 Å². The van der Waals surface area contributed by atoms with Crippen LogP contribution in [0.4, 0.5) is 8.78 Å². The molecule has 1 aliphatic heterocycles. The summed E-state index contributed by atoms with van der Waals surface area (Å²) in [5.74, 6) is -1.19. The Morgan fingerprint density at radius 1 is 1.20 bits per heavy atom. The van der Waals surface area contributed by atoms with E-state index in [2.05, 4.69) is 0 Å². The van der Waals surface area contributed by atoms with Crippen LogP contribution in [-0.4, -0.2) is 17.8 Å². The first-order valence-electron chi connectivity index (χ1n) is 4.91. The van der Waals surface area contributed by atoms with E-state index in [1.165, 1.54) is 12.1 Å². The van der Waals surface area contributed by atoms with Gasteiger partial charge in [0.2, 0.25) is 0 Å². The third-order valence-corrected chi connectivity index (χ3v) is 2.57. The van der Waals surface area contributed by atoms with Gasteiger partial charge in [0, 0.05) is 6.07 Å². The monoisotopic (exact) mass is 214 g/mol. The van der Waals surface area contributed by atoms with E-state index in [9.17, 15) is 8.78 Å². The number of ether oxygens (including phenoxy) is 1. The molecule has 82 valence electrons. The minimum atomic E-state index is -0.596. The van der Waals surface area contributed by atoms with Crippen LogP contribution in [0.2, 0.25) is 0 Å². The lowest BCUT2D eigenvalue weighted by Gasteiger charge is -2.12. The first kappa shape index (κ1) is 10.5. The zero-order valence-electron chi connectivity index (χ0n) is 8.12. The number of hydrogen-bond acceptors (Lipinski definition) is 2. The lowest BCUT2D eigenvalue weighted by atomic mass is 10.1. The summed E-state index contributed by atoms with van der Waals surface area (Å²) in [4.78, 5) is 0. The van der Waals surface area contributed by atoms with Crippen molar-refractivity contribution < 1.29 is 18.6 Å². The van der Waals surface area contributed by atoms with Crippen molar-refractivity contribution in [2.75, 3.05) is 6.61 Å². The molecule has 1 aromatic carbocycles. The first-order valence-corrected chi connectivity index (χ1v) is 4.91. The normalized spacial score (nSPS) is 25.8. The SMILES string of the molecule is OC[C@H]1CC[C@@H](c2cc(F)cc(F)c2)O1. The molecule has 2 atom stereocenters. The van der Waals surface area contributed by atoms with Crippen molar-refractivity contribution in [3.05, 3.63) is 35.4 Å². The largest absolute Gasteiger partial charge is 0.394 e. The second kappa shape index (κ2) is 4.24. The van der Waals surface area contributed by atoms with Gasteiger partial charge >= 0.3 is 0 Å².